The molecule has 0 aromatic carbocycles. The minimum absolute atomic E-state index is 0.795. The predicted molar refractivity (Wildman–Crippen MR) is 47.6 cm³/mol. The Balaban J connectivity index is 1.91. The van der Waals surface area contributed by atoms with Gasteiger partial charge in [-0.15, -0.1) is 0 Å². The van der Waals surface area contributed by atoms with Crippen molar-refractivity contribution in [3.8, 4) is 0 Å². The van der Waals surface area contributed by atoms with E-state index >= 15 is 0 Å². The zero-order valence-electron chi connectivity index (χ0n) is 7.53. The molecule has 1 spiro atoms. The highest BCUT2D eigenvalue weighted by atomic mass is 14.9. The lowest BCUT2D eigenvalue weighted by molar-refractivity contribution is 0.0520. The van der Waals surface area contributed by atoms with E-state index in [4.69, 9.17) is 0 Å². The van der Waals surface area contributed by atoms with Crippen molar-refractivity contribution in [2.24, 2.45) is 11.3 Å². The Morgan fingerprint density at radius 3 is 2.73 bits per heavy atom. The number of hydrogen-bond donors (Lipinski definition) is 1. The van der Waals surface area contributed by atoms with Gasteiger partial charge in [0.1, 0.15) is 0 Å². The van der Waals surface area contributed by atoms with E-state index in [0.717, 1.165) is 11.3 Å². The van der Waals surface area contributed by atoms with E-state index in [-0.39, 0.29) is 0 Å². The molecule has 2 aliphatic rings. The average Bonchev–Trinajstić information content (AvgIpc) is 2.12. The summed E-state index contributed by atoms with van der Waals surface area (Å²) in [7, 11) is 0. The molecule has 1 aliphatic carbocycles. The summed E-state index contributed by atoms with van der Waals surface area (Å²) < 4.78 is 0. The highest BCUT2D eigenvalue weighted by molar-refractivity contribution is 4.93. The Kier molecular flexibility index (Phi) is 1.92. The molecule has 11 heavy (non-hydrogen) atoms. The third kappa shape index (κ3) is 1.44. The van der Waals surface area contributed by atoms with Crippen molar-refractivity contribution in [1.82, 2.24) is 5.32 Å². The molecule has 0 unspecified atom stereocenters. The van der Waals surface area contributed by atoms with Crippen LogP contribution in [0.25, 0.3) is 0 Å². The first kappa shape index (κ1) is 7.60. The molecule has 0 amide bonds. The molecule has 1 N–H and O–H groups in total. The molecule has 1 heterocycles. The van der Waals surface area contributed by atoms with E-state index in [1.54, 1.807) is 0 Å². The summed E-state index contributed by atoms with van der Waals surface area (Å²) in [5.74, 6) is 1.02. The van der Waals surface area contributed by atoms with Crippen molar-refractivity contribution in [2.45, 2.75) is 39.0 Å². The van der Waals surface area contributed by atoms with Gasteiger partial charge in [-0.3, -0.25) is 0 Å². The fourth-order valence-electron chi connectivity index (χ4n) is 3.02. The highest BCUT2D eigenvalue weighted by Gasteiger charge is 2.41. The second kappa shape index (κ2) is 2.78. The Labute approximate surface area is 69.6 Å². The summed E-state index contributed by atoms with van der Waals surface area (Å²) in [6, 6.07) is 0. The summed E-state index contributed by atoms with van der Waals surface area (Å²) in [6.45, 7) is 4.92. The fourth-order valence-corrected chi connectivity index (χ4v) is 3.02. The van der Waals surface area contributed by atoms with E-state index in [9.17, 15) is 0 Å². The van der Waals surface area contributed by atoms with E-state index < -0.39 is 0 Å². The minimum atomic E-state index is 0.795. The van der Waals surface area contributed by atoms with Crippen molar-refractivity contribution in [3.05, 3.63) is 0 Å². The zero-order chi connectivity index (χ0) is 7.73. The molecule has 64 valence electrons. The number of nitrogens with one attached hydrogen (secondary N) is 1. The monoisotopic (exact) mass is 153 g/mol. The van der Waals surface area contributed by atoms with Crippen LogP contribution in [0.2, 0.25) is 0 Å². The van der Waals surface area contributed by atoms with Crippen LogP contribution in [0.1, 0.15) is 39.0 Å². The smallest absolute Gasteiger partial charge is 0.00436 e. The highest BCUT2D eigenvalue weighted by Crippen LogP contribution is 2.51. The van der Waals surface area contributed by atoms with Crippen LogP contribution in [0.15, 0.2) is 0 Å². The summed E-state index contributed by atoms with van der Waals surface area (Å²) in [6.07, 6.45) is 7.36. The van der Waals surface area contributed by atoms with Crippen LogP contribution in [0.5, 0.6) is 0 Å². The lowest BCUT2D eigenvalue weighted by Gasteiger charge is -2.46. The molecule has 1 aliphatic heterocycles. The molecule has 0 atom stereocenters. The Morgan fingerprint density at radius 2 is 2.00 bits per heavy atom. The quantitative estimate of drug-likeness (QED) is 0.562. The van der Waals surface area contributed by atoms with Crippen LogP contribution in [0.4, 0.5) is 0 Å². The van der Waals surface area contributed by atoms with E-state index in [2.05, 4.69) is 12.2 Å². The van der Waals surface area contributed by atoms with Crippen LogP contribution in [-0.4, -0.2) is 13.1 Å². The zero-order valence-corrected chi connectivity index (χ0v) is 7.53. The molecule has 0 aromatic rings. The Bertz CT molecular complexity index is 126. The molecule has 0 radical (unpaired) electrons. The third-order valence-corrected chi connectivity index (χ3v) is 3.46. The molecule has 2 fully saturated rings. The van der Waals surface area contributed by atoms with Crippen LogP contribution in [0, 0.1) is 11.3 Å². The second-order valence-electron chi connectivity index (χ2n) is 4.62. The first-order chi connectivity index (χ1) is 5.31. The predicted octanol–water partition coefficient (Wildman–Crippen LogP) is 2.18. The third-order valence-electron chi connectivity index (χ3n) is 3.46. The average molecular weight is 153 g/mol. The largest absolute Gasteiger partial charge is 0.317 e. The molecule has 1 saturated carbocycles. The minimum Gasteiger partial charge on any atom is -0.317 e. The summed E-state index contributed by atoms with van der Waals surface area (Å²) in [4.78, 5) is 0. The van der Waals surface area contributed by atoms with Crippen LogP contribution >= 0.6 is 0 Å². The summed E-state index contributed by atoms with van der Waals surface area (Å²) in [5.41, 5.74) is 0.795. The van der Waals surface area contributed by atoms with Gasteiger partial charge in [-0.1, -0.05) is 6.92 Å². The van der Waals surface area contributed by atoms with Crippen LogP contribution in [0.3, 0.4) is 0 Å². The van der Waals surface area contributed by atoms with Crippen molar-refractivity contribution in [2.75, 3.05) is 13.1 Å². The van der Waals surface area contributed by atoms with Crippen molar-refractivity contribution < 1.29 is 0 Å². The van der Waals surface area contributed by atoms with Gasteiger partial charge >= 0.3 is 0 Å². The standard InChI is InChI=1S/C10H19N/c1-9-7-10(8-9)3-2-5-11-6-4-10/h9,11H,2-8H2,1H3. The molecule has 1 nitrogen and oxygen atoms in total. The van der Waals surface area contributed by atoms with Gasteiger partial charge in [0.05, 0.1) is 0 Å². The second-order valence-corrected chi connectivity index (χ2v) is 4.62. The lowest BCUT2D eigenvalue weighted by Crippen LogP contribution is -2.36. The first-order valence-corrected chi connectivity index (χ1v) is 5.02. The molecule has 1 heteroatoms. The van der Waals surface area contributed by atoms with Gasteiger partial charge in [0.15, 0.2) is 0 Å². The summed E-state index contributed by atoms with van der Waals surface area (Å²) in [5, 5.41) is 3.49. The molecule has 2 rings (SSSR count). The van der Waals surface area contributed by atoms with Crippen LogP contribution < -0.4 is 5.32 Å². The van der Waals surface area contributed by atoms with E-state index in [0.29, 0.717) is 0 Å². The Hall–Kier alpha value is -0.0400. The van der Waals surface area contributed by atoms with Gasteiger partial charge in [0.25, 0.3) is 0 Å². The van der Waals surface area contributed by atoms with E-state index in [1.165, 1.54) is 45.2 Å². The van der Waals surface area contributed by atoms with Gasteiger partial charge in [0, 0.05) is 0 Å². The lowest BCUT2D eigenvalue weighted by atomic mass is 9.59. The van der Waals surface area contributed by atoms with Crippen LogP contribution in [-0.2, 0) is 0 Å². The van der Waals surface area contributed by atoms with E-state index in [1.807, 2.05) is 0 Å². The van der Waals surface area contributed by atoms with Gasteiger partial charge in [-0.2, -0.15) is 0 Å². The maximum atomic E-state index is 3.49. The number of rotatable bonds is 0. The topological polar surface area (TPSA) is 12.0 Å². The molecular formula is C10H19N. The molecular weight excluding hydrogens is 134 g/mol. The maximum absolute atomic E-state index is 3.49. The van der Waals surface area contributed by atoms with Crippen molar-refractivity contribution >= 4 is 0 Å². The van der Waals surface area contributed by atoms with Crippen molar-refractivity contribution in [3.63, 3.8) is 0 Å². The van der Waals surface area contributed by atoms with Crippen molar-refractivity contribution in [1.29, 1.82) is 0 Å². The van der Waals surface area contributed by atoms with Gasteiger partial charge < -0.3 is 5.32 Å². The fraction of sp³-hybridized carbons (Fsp3) is 1.00. The Morgan fingerprint density at radius 1 is 1.18 bits per heavy atom. The maximum Gasteiger partial charge on any atom is -0.00436 e. The summed E-state index contributed by atoms with van der Waals surface area (Å²) >= 11 is 0. The van der Waals surface area contributed by atoms with Gasteiger partial charge in [-0.05, 0) is 56.5 Å². The molecule has 0 bridgehead atoms. The van der Waals surface area contributed by atoms with Gasteiger partial charge in [0.2, 0.25) is 0 Å². The first-order valence-electron chi connectivity index (χ1n) is 5.02. The number of hydrogen-bond acceptors (Lipinski definition) is 1. The normalized spacial score (nSPS) is 45.0. The molecule has 1 saturated heterocycles. The van der Waals surface area contributed by atoms with Gasteiger partial charge in [-0.25, -0.2) is 0 Å². The molecule has 0 aromatic heterocycles. The SMILES string of the molecule is CC1CC2(CCCNCC2)C1.